The van der Waals surface area contributed by atoms with Crippen LogP contribution in [0.5, 0.6) is 0 Å². The van der Waals surface area contributed by atoms with Crippen LogP contribution < -0.4 is 0 Å². The lowest BCUT2D eigenvalue weighted by Gasteiger charge is -2.10. The molecule has 5 aromatic heterocycles. The number of fused-ring (bicyclic) bond motifs is 43. The monoisotopic (exact) mass is 1670 g/mol. The summed E-state index contributed by atoms with van der Waals surface area (Å²) in [7, 11) is 0. The lowest BCUT2D eigenvalue weighted by Crippen LogP contribution is -1.96. The summed E-state index contributed by atoms with van der Waals surface area (Å²) in [4.78, 5) is 0. The van der Waals surface area contributed by atoms with Gasteiger partial charge in [-0.1, -0.05) is 303 Å². The SMILES string of the molecule is CCn1c2ccccc2c2c3c(ccc21)Cc1c-3ccc2ccccc12.CCn1c2ccccc2c2cc3c(cc21)-c1ccc2ccccc2c1C3.CCn1c2ccccc2c2cc3c(cc21)Cc1c-3ccc2ccccc12.CCn1c2ccccc2c2ccc3c(c21)-c1ccc2ccccc2c1C3.CCn1c2ccccc2c2ccc3c(c21)Cc1c-3ccc2ccccc12. The fourth-order valence-electron chi connectivity index (χ4n) is 24.5. The molecule has 0 N–H and O–H groups in total. The second kappa shape index (κ2) is 29.9. The summed E-state index contributed by atoms with van der Waals surface area (Å²) in [5.41, 5.74) is 42.6. The largest absolute Gasteiger partial charge is 0.341 e. The van der Waals surface area contributed by atoms with Crippen LogP contribution in [0.3, 0.4) is 0 Å². The Kier molecular flexibility index (Phi) is 17.5. The van der Waals surface area contributed by atoms with Gasteiger partial charge in [0, 0.05) is 143 Å². The van der Waals surface area contributed by atoms with E-state index in [9.17, 15) is 0 Å². The maximum Gasteiger partial charge on any atom is 0.0573 e. The summed E-state index contributed by atoms with van der Waals surface area (Å²) in [5, 5.41) is 27.5. The van der Waals surface area contributed by atoms with Crippen LogP contribution in [-0.2, 0) is 64.8 Å². The van der Waals surface area contributed by atoms with Crippen LogP contribution >= 0.6 is 0 Å². The van der Waals surface area contributed by atoms with E-state index in [1.807, 2.05) is 0 Å². The van der Waals surface area contributed by atoms with Crippen molar-refractivity contribution in [3.8, 4) is 55.6 Å². The van der Waals surface area contributed by atoms with Gasteiger partial charge in [-0.15, -0.1) is 0 Å². The van der Waals surface area contributed by atoms with Crippen molar-refractivity contribution in [3.63, 3.8) is 0 Å². The molecule has 5 nitrogen and oxygen atoms in total. The first-order valence-electron chi connectivity index (χ1n) is 47.0. The van der Waals surface area contributed by atoms with Crippen molar-refractivity contribution >= 4 is 163 Å². The van der Waals surface area contributed by atoms with Crippen molar-refractivity contribution in [3.05, 3.63) is 420 Å². The zero-order valence-electron chi connectivity index (χ0n) is 73.9. The molecule has 0 spiro atoms. The zero-order valence-corrected chi connectivity index (χ0v) is 73.9. The van der Waals surface area contributed by atoms with Crippen LogP contribution in [0.1, 0.15) is 90.3 Å². The minimum atomic E-state index is 0.989. The highest BCUT2D eigenvalue weighted by atomic mass is 15.0. The minimum Gasteiger partial charge on any atom is -0.341 e. The van der Waals surface area contributed by atoms with Gasteiger partial charge in [-0.25, -0.2) is 0 Å². The van der Waals surface area contributed by atoms with E-state index in [1.165, 1.54) is 274 Å². The van der Waals surface area contributed by atoms with Crippen molar-refractivity contribution in [1.29, 1.82) is 0 Å². The van der Waals surface area contributed by atoms with Crippen LogP contribution in [0.15, 0.2) is 364 Å². The van der Waals surface area contributed by atoms with Crippen molar-refractivity contribution in [2.45, 2.75) is 99.4 Å². The predicted molar refractivity (Wildman–Crippen MR) is 554 cm³/mol. The Morgan fingerprint density at radius 3 is 0.954 bits per heavy atom. The molecule has 0 saturated heterocycles. The molecule has 620 valence electrons. The topological polar surface area (TPSA) is 24.6 Å². The average Bonchev–Trinajstić information content (AvgIpc) is 1.56. The van der Waals surface area contributed by atoms with E-state index in [1.54, 1.807) is 0 Å². The Morgan fingerprint density at radius 2 is 0.469 bits per heavy atom. The lowest BCUT2D eigenvalue weighted by atomic mass is 9.97. The molecule has 0 bridgehead atoms. The Morgan fingerprint density at radius 1 is 0.169 bits per heavy atom. The lowest BCUT2D eigenvalue weighted by molar-refractivity contribution is 0.824. The highest BCUT2D eigenvalue weighted by Gasteiger charge is 2.32. The molecule has 5 aliphatic carbocycles. The van der Waals surface area contributed by atoms with Crippen molar-refractivity contribution in [2.75, 3.05) is 0 Å². The smallest absolute Gasteiger partial charge is 0.0573 e. The van der Waals surface area contributed by atoms with Crippen molar-refractivity contribution < 1.29 is 0 Å². The van der Waals surface area contributed by atoms with E-state index in [2.05, 4.69) is 421 Å². The first kappa shape index (κ1) is 76.0. The molecule has 0 fully saturated rings. The molecule has 0 atom stereocenters. The van der Waals surface area contributed by atoms with Gasteiger partial charge in [-0.05, 0) is 281 Å². The molecule has 30 rings (SSSR count). The second-order valence-corrected chi connectivity index (χ2v) is 36.3. The number of rotatable bonds is 5. The highest BCUT2D eigenvalue weighted by molar-refractivity contribution is 6.20. The van der Waals surface area contributed by atoms with E-state index in [0.29, 0.717) is 0 Å². The summed E-state index contributed by atoms with van der Waals surface area (Å²) in [5.74, 6) is 0. The molecule has 130 heavy (non-hydrogen) atoms. The summed E-state index contributed by atoms with van der Waals surface area (Å²) >= 11 is 0. The number of para-hydroxylation sites is 5. The van der Waals surface area contributed by atoms with Gasteiger partial charge < -0.3 is 22.8 Å². The molecule has 25 aromatic rings. The summed E-state index contributed by atoms with van der Waals surface area (Å²) in [6.07, 6.45) is 5.17. The van der Waals surface area contributed by atoms with Crippen LogP contribution in [0.25, 0.3) is 219 Å². The highest BCUT2D eigenvalue weighted by Crippen LogP contribution is 2.53. The Labute approximate surface area is 755 Å². The fraction of sp³-hybridized carbons (Fsp3) is 0.120. The van der Waals surface area contributed by atoms with E-state index >= 15 is 0 Å². The number of hydrogen-bond donors (Lipinski definition) is 0. The summed E-state index contributed by atoms with van der Waals surface area (Å²) in [6.45, 7) is 16.2. The fourth-order valence-corrected chi connectivity index (χ4v) is 24.5. The molecule has 5 aliphatic rings. The summed E-state index contributed by atoms with van der Waals surface area (Å²) in [6, 6.07) is 135. The predicted octanol–water partition coefficient (Wildman–Crippen LogP) is 32.7. The van der Waals surface area contributed by atoms with Gasteiger partial charge in [0.2, 0.25) is 0 Å². The Hall–Kier alpha value is -15.3. The standard InChI is InChI=1S/5C25H19N/c1-2-26-22-10-6-5-9-20(22)25-23(26)14-12-17-15-21-18-8-4-3-7-16(18)11-13-19(21)24(17)25;1-2-26-23-10-6-5-9-19(23)21-14-12-17-15-22-18-8-4-3-7-16(18)11-13-20(22)24(17)25(21)26;1-2-26-24-10-6-5-9-20(24)23-15-21-17(14-25(23)26)13-22-18-8-4-3-7-16(18)11-12-19(21)22;1-2-26-24-10-6-5-9-20(24)23-14-17-13-22-18-8-4-3-7-16(18)11-12-19(22)21(17)15-25(23)26;1-2-26-24-10-6-5-9-20(24)21-14-13-19-18-12-11-16-7-3-4-8-17(16)22(18)15-23(19)25(21)26/h2*3-14H,2,15H2,1H3;2*3-12,14-15H,2,13H2,1H3;3-14H,2,15H2,1H3. The average molecular weight is 1670 g/mol. The third-order valence-electron chi connectivity index (χ3n) is 30.1. The normalized spacial score (nSPS) is 12.8. The molecule has 0 saturated carbocycles. The number of hydrogen-bond acceptors (Lipinski definition) is 0. The third kappa shape index (κ3) is 11.3. The first-order chi connectivity index (χ1) is 64.3. The van der Waals surface area contributed by atoms with Crippen molar-refractivity contribution in [2.24, 2.45) is 0 Å². The molecule has 0 amide bonds. The quantitative estimate of drug-likeness (QED) is 0.164. The molecular formula is C125H95N5. The van der Waals surface area contributed by atoms with Crippen molar-refractivity contribution in [1.82, 2.24) is 22.8 Å². The van der Waals surface area contributed by atoms with Gasteiger partial charge in [0.1, 0.15) is 0 Å². The maximum absolute atomic E-state index is 2.50. The molecular weight excluding hydrogens is 1570 g/mol. The zero-order chi connectivity index (χ0) is 86.3. The maximum atomic E-state index is 2.50. The molecule has 5 heterocycles. The van der Waals surface area contributed by atoms with E-state index < -0.39 is 0 Å². The second-order valence-electron chi connectivity index (χ2n) is 36.3. The summed E-state index contributed by atoms with van der Waals surface area (Å²) < 4.78 is 12.3. The first-order valence-corrected chi connectivity index (χ1v) is 47.0. The minimum absolute atomic E-state index is 0.989. The van der Waals surface area contributed by atoms with Gasteiger partial charge in [-0.2, -0.15) is 0 Å². The number of aryl methyl sites for hydroxylation is 5. The molecule has 5 heteroatoms. The van der Waals surface area contributed by atoms with Crippen LogP contribution in [0.2, 0.25) is 0 Å². The van der Waals surface area contributed by atoms with Gasteiger partial charge in [-0.3, -0.25) is 0 Å². The molecule has 0 radical (unpaired) electrons. The Bertz CT molecular complexity index is 9090. The molecule has 20 aromatic carbocycles. The van der Waals surface area contributed by atoms with Gasteiger partial charge >= 0.3 is 0 Å². The van der Waals surface area contributed by atoms with Gasteiger partial charge in [0.05, 0.1) is 11.0 Å². The number of nitrogens with zero attached hydrogens (tertiary/aromatic N) is 5. The van der Waals surface area contributed by atoms with E-state index in [4.69, 9.17) is 0 Å². The van der Waals surface area contributed by atoms with E-state index in [0.717, 1.165) is 64.8 Å². The van der Waals surface area contributed by atoms with Gasteiger partial charge in [0.25, 0.3) is 0 Å². The van der Waals surface area contributed by atoms with E-state index in [-0.39, 0.29) is 0 Å². The van der Waals surface area contributed by atoms with Crippen LogP contribution in [0, 0.1) is 0 Å². The molecule has 0 aliphatic heterocycles. The van der Waals surface area contributed by atoms with Gasteiger partial charge in [0.15, 0.2) is 0 Å². The third-order valence-corrected chi connectivity index (χ3v) is 30.1. The Balaban J connectivity index is 0.0000000856. The number of benzene rings is 20. The molecule has 0 unspecified atom stereocenters. The van der Waals surface area contributed by atoms with Crippen LogP contribution in [0.4, 0.5) is 0 Å². The van der Waals surface area contributed by atoms with Crippen LogP contribution in [-0.4, -0.2) is 22.8 Å². The number of aromatic nitrogens is 5.